The molecular formula is C18H20F2O10S2. The Morgan fingerprint density at radius 2 is 1.72 bits per heavy atom. The van der Waals surface area contributed by atoms with Gasteiger partial charge in [-0.05, 0) is 31.1 Å². The van der Waals surface area contributed by atoms with E-state index < -0.39 is 85.2 Å². The van der Waals surface area contributed by atoms with E-state index in [9.17, 15) is 35.2 Å². The van der Waals surface area contributed by atoms with E-state index in [0.29, 0.717) is 19.3 Å². The molecule has 10 nitrogen and oxygen atoms in total. The van der Waals surface area contributed by atoms with Crippen LogP contribution in [0.1, 0.15) is 19.3 Å². The molecular weight excluding hydrogens is 478 g/mol. The third kappa shape index (κ3) is 3.21. The quantitative estimate of drug-likeness (QED) is 0.237. The molecule has 1 N–H and O–H groups in total. The van der Waals surface area contributed by atoms with Crippen LogP contribution in [0.2, 0.25) is 0 Å². The van der Waals surface area contributed by atoms with Crippen LogP contribution in [0.3, 0.4) is 0 Å². The van der Waals surface area contributed by atoms with E-state index in [2.05, 4.69) is 4.74 Å². The fraction of sp³-hybridized carbons (Fsp3) is 0.778. The lowest BCUT2D eigenvalue weighted by molar-refractivity contribution is -0.171. The van der Waals surface area contributed by atoms with Crippen molar-refractivity contribution in [2.75, 3.05) is 6.61 Å². The van der Waals surface area contributed by atoms with Gasteiger partial charge < -0.3 is 9.47 Å². The Hall–Kier alpha value is -1.64. The van der Waals surface area contributed by atoms with Crippen LogP contribution in [-0.4, -0.2) is 62.6 Å². The normalized spacial score (nSPS) is 43.0. The molecule has 5 aliphatic rings. The second-order valence-corrected chi connectivity index (χ2v) is 12.4. The molecule has 0 radical (unpaired) electrons. The zero-order valence-corrected chi connectivity index (χ0v) is 18.0. The molecule has 1 heterocycles. The summed E-state index contributed by atoms with van der Waals surface area (Å²) in [6.07, 6.45) is 3.12. The maximum atomic E-state index is 13.4. The maximum absolute atomic E-state index is 13.4. The minimum absolute atomic E-state index is 0.177. The Labute approximate surface area is 182 Å². The van der Waals surface area contributed by atoms with E-state index in [1.54, 1.807) is 12.2 Å². The number of esters is 2. The van der Waals surface area contributed by atoms with Gasteiger partial charge in [0.25, 0.3) is 10.1 Å². The number of hydrogen-bond donors (Lipinski definition) is 1. The summed E-state index contributed by atoms with van der Waals surface area (Å²) < 4.78 is 96.3. The molecule has 0 spiro atoms. The largest absolute Gasteiger partial charge is 0.459 e. The van der Waals surface area contributed by atoms with Gasteiger partial charge in [0.2, 0.25) is 0 Å². The number of hydrogen-bond acceptors (Lipinski definition) is 9. The van der Waals surface area contributed by atoms with Crippen molar-refractivity contribution in [3.63, 3.8) is 0 Å². The van der Waals surface area contributed by atoms with Crippen LogP contribution in [0.5, 0.6) is 0 Å². The number of fused-ring (bicyclic) bond motifs is 3. The van der Waals surface area contributed by atoms with Gasteiger partial charge in [-0.3, -0.25) is 18.3 Å². The fourth-order valence-electron chi connectivity index (χ4n) is 6.05. The van der Waals surface area contributed by atoms with Gasteiger partial charge >= 0.3 is 27.3 Å². The third-order valence-corrected chi connectivity index (χ3v) is 10.1. The Morgan fingerprint density at radius 1 is 1.09 bits per heavy atom. The van der Waals surface area contributed by atoms with E-state index in [0.717, 1.165) is 0 Å². The highest BCUT2D eigenvalue weighted by atomic mass is 32.2. The summed E-state index contributed by atoms with van der Waals surface area (Å²) in [5, 5.41) is -5.28. The molecule has 4 bridgehead atoms. The molecule has 14 heteroatoms. The van der Waals surface area contributed by atoms with Gasteiger partial charge in [-0.2, -0.15) is 25.6 Å². The number of halogens is 2. The number of alkyl halides is 2. The van der Waals surface area contributed by atoms with Crippen LogP contribution in [0.4, 0.5) is 8.78 Å². The third-order valence-electron chi connectivity index (χ3n) is 7.43. The summed E-state index contributed by atoms with van der Waals surface area (Å²) in [5.41, 5.74) is 0. The van der Waals surface area contributed by atoms with Gasteiger partial charge in [0.15, 0.2) is 6.61 Å². The summed E-state index contributed by atoms with van der Waals surface area (Å²) in [6, 6.07) is 0. The molecule has 5 rings (SSSR count). The molecule has 0 aromatic carbocycles. The van der Waals surface area contributed by atoms with Crippen LogP contribution in [0.25, 0.3) is 0 Å². The molecule has 0 amide bonds. The van der Waals surface area contributed by atoms with Gasteiger partial charge in [-0.15, -0.1) is 0 Å². The van der Waals surface area contributed by atoms with Gasteiger partial charge in [0.1, 0.15) is 12.2 Å². The minimum atomic E-state index is -5.78. The Morgan fingerprint density at radius 3 is 2.34 bits per heavy atom. The first kappa shape index (κ1) is 22.2. The number of ether oxygens (including phenoxy) is 2. The van der Waals surface area contributed by atoms with Gasteiger partial charge in [0.05, 0.1) is 17.1 Å². The van der Waals surface area contributed by atoms with Crippen LogP contribution in [-0.2, 0) is 43.5 Å². The SMILES string of the molecule is O=C(OCC(F)(F)S(=O)(=O)O)C1C2C=CC(C2)C1C(=O)OC1C2CC3C1OS(=O)(=O)C3C2. The molecule has 0 aromatic rings. The van der Waals surface area contributed by atoms with Crippen LogP contribution in [0.15, 0.2) is 12.2 Å². The van der Waals surface area contributed by atoms with E-state index in [1.165, 1.54) is 0 Å². The average Bonchev–Trinajstić information content (AvgIpc) is 3.46. The lowest BCUT2D eigenvalue weighted by Gasteiger charge is -2.30. The topological polar surface area (TPSA) is 150 Å². The van der Waals surface area contributed by atoms with Gasteiger partial charge in [-0.1, -0.05) is 12.2 Å². The Balaban J connectivity index is 1.29. The average molecular weight is 498 g/mol. The summed E-state index contributed by atoms with van der Waals surface area (Å²) >= 11 is 0. The summed E-state index contributed by atoms with van der Waals surface area (Å²) in [6.45, 7) is -1.88. The lowest BCUT2D eigenvalue weighted by Crippen LogP contribution is -2.43. The first-order chi connectivity index (χ1) is 14.8. The molecule has 178 valence electrons. The summed E-state index contributed by atoms with van der Waals surface area (Å²) in [7, 11) is -9.48. The Kier molecular flexibility index (Phi) is 4.80. The molecule has 4 fully saturated rings. The van der Waals surface area contributed by atoms with Crippen molar-refractivity contribution < 1.29 is 53.4 Å². The minimum Gasteiger partial charge on any atom is -0.459 e. The van der Waals surface area contributed by atoms with Crippen molar-refractivity contribution >= 4 is 32.2 Å². The second-order valence-electron chi connectivity index (χ2n) is 9.11. The van der Waals surface area contributed by atoms with E-state index in [1.807, 2.05) is 0 Å². The highest BCUT2D eigenvalue weighted by Gasteiger charge is 2.66. The van der Waals surface area contributed by atoms with Crippen molar-refractivity contribution in [3.05, 3.63) is 12.2 Å². The molecule has 9 unspecified atom stereocenters. The molecule has 1 saturated heterocycles. The highest BCUT2D eigenvalue weighted by Crippen LogP contribution is 2.56. The summed E-state index contributed by atoms with van der Waals surface area (Å²) in [5.74, 6) is -5.45. The molecule has 3 saturated carbocycles. The van der Waals surface area contributed by atoms with Gasteiger partial charge in [0, 0.05) is 11.8 Å². The van der Waals surface area contributed by atoms with E-state index >= 15 is 0 Å². The van der Waals surface area contributed by atoms with Crippen LogP contribution in [0, 0.1) is 35.5 Å². The van der Waals surface area contributed by atoms with Crippen molar-refractivity contribution in [1.29, 1.82) is 0 Å². The number of carbonyl (C=O) groups is 2. The zero-order chi connectivity index (χ0) is 23.2. The van der Waals surface area contributed by atoms with Crippen LogP contribution >= 0.6 is 0 Å². The highest BCUT2D eigenvalue weighted by molar-refractivity contribution is 7.87. The maximum Gasteiger partial charge on any atom is 0.402 e. The summed E-state index contributed by atoms with van der Waals surface area (Å²) in [4.78, 5) is 25.5. The van der Waals surface area contributed by atoms with Crippen LogP contribution < -0.4 is 0 Å². The van der Waals surface area contributed by atoms with Crippen molar-refractivity contribution in [1.82, 2.24) is 0 Å². The first-order valence-corrected chi connectivity index (χ1v) is 13.0. The van der Waals surface area contributed by atoms with Crippen molar-refractivity contribution in [3.8, 4) is 0 Å². The Bertz CT molecular complexity index is 1100. The van der Waals surface area contributed by atoms with Gasteiger partial charge in [-0.25, -0.2) is 0 Å². The number of carbonyl (C=O) groups excluding carboxylic acids is 2. The second kappa shape index (κ2) is 6.93. The zero-order valence-electron chi connectivity index (χ0n) is 16.4. The number of allylic oxidation sites excluding steroid dienone is 2. The van der Waals surface area contributed by atoms with Crippen molar-refractivity contribution in [2.24, 2.45) is 35.5 Å². The molecule has 4 aliphatic carbocycles. The standard InChI is InChI=1S/C18H20F2O10S2/c19-18(20,32(25,26)27)6-28-16(21)12-7-1-2-8(3-7)13(12)17(22)29-14-9-4-10-11(5-9)31(23,24)30-15(10)14/h1-2,7-15H,3-6H2,(H,25,26,27). The number of rotatable bonds is 6. The molecule has 0 aromatic heterocycles. The smallest absolute Gasteiger partial charge is 0.402 e. The first-order valence-electron chi connectivity index (χ1n) is 10.1. The monoisotopic (exact) mass is 498 g/mol. The van der Waals surface area contributed by atoms with E-state index in [-0.39, 0.29) is 11.8 Å². The van der Waals surface area contributed by atoms with E-state index in [4.69, 9.17) is 13.5 Å². The fourth-order valence-corrected chi connectivity index (χ4v) is 8.14. The predicted octanol–water partition coefficient (Wildman–Crippen LogP) is 0.497. The molecule has 32 heavy (non-hydrogen) atoms. The lowest BCUT2D eigenvalue weighted by atomic mass is 9.83. The predicted molar refractivity (Wildman–Crippen MR) is 98.8 cm³/mol. The molecule has 1 aliphatic heterocycles. The van der Waals surface area contributed by atoms with Crippen molar-refractivity contribution in [2.45, 2.75) is 42.0 Å². The molecule has 9 atom stereocenters.